The number of halogens is 1. The van der Waals surface area contributed by atoms with Gasteiger partial charge in [0, 0.05) is 17.8 Å². The van der Waals surface area contributed by atoms with Crippen LogP contribution in [0.25, 0.3) is 22.4 Å². The van der Waals surface area contributed by atoms with E-state index in [0.29, 0.717) is 10.6 Å². The molecule has 3 rings (SSSR count). The lowest BCUT2D eigenvalue weighted by Gasteiger charge is -2.07. The summed E-state index contributed by atoms with van der Waals surface area (Å²) in [5.74, 6) is 0.846. The van der Waals surface area contributed by atoms with Crippen molar-refractivity contribution in [3.05, 3.63) is 41.7 Å². The van der Waals surface area contributed by atoms with E-state index in [1.54, 1.807) is 12.3 Å². The SMILES string of the molecule is CCn1c(-c2ccncc2O)nc2ccc(Cl)cc21. The Labute approximate surface area is 115 Å². The molecule has 2 heterocycles. The number of benzene rings is 1. The molecular formula is C14H12ClN3O. The van der Waals surface area contributed by atoms with Crippen molar-refractivity contribution in [2.75, 3.05) is 0 Å². The molecule has 0 radical (unpaired) electrons. The molecular weight excluding hydrogens is 262 g/mol. The third-order valence-electron chi connectivity index (χ3n) is 3.07. The molecule has 0 aliphatic carbocycles. The van der Waals surface area contributed by atoms with Crippen LogP contribution >= 0.6 is 11.6 Å². The minimum absolute atomic E-state index is 0.124. The molecule has 3 aromatic rings. The van der Waals surface area contributed by atoms with Gasteiger partial charge in [-0.2, -0.15) is 0 Å². The highest BCUT2D eigenvalue weighted by Crippen LogP contribution is 2.31. The molecule has 19 heavy (non-hydrogen) atoms. The number of pyridine rings is 1. The van der Waals surface area contributed by atoms with Crippen molar-refractivity contribution in [3.63, 3.8) is 0 Å². The summed E-state index contributed by atoms with van der Waals surface area (Å²) in [6.07, 6.45) is 3.06. The number of rotatable bonds is 2. The zero-order valence-electron chi connectivity index (χ0n) is 10.3. The zero-order valence-corrected chi connectivity index (χ0v) is 11.1. The van der Waals surface area contributed by atoms with Crippen LogP contribution in [0.3, 0.4) is 0 Å². The molecule has 5 heteroatoms. The van der Waals surface area contributed by atoms with Crippen molar-refractivity contribution in [1.29, 1.82) is 0 Å². The van der Waals surface area contributed by atoms with E-state index in [1.165, 1.54) is 6.20 Å². The summed E-state index contributed by atoms with van der Waals surface area (Å²) in [4.78, 5) is 8.46. The number of hydrogen-bond donors (Lipinski definition) is 1. The van der Waals surface area contributed by atoms with Crippen LogP contribution in [0.1, 0.15) is 6.92 Å². The van der Waals surface area contributed by atoms with Crippen molar-refractivity contribution in [1.82, 2.24) is 14.5 Å². The Morgan fingerprint density at radius 2 is 2.16 bits per heavy atom. The molecule has 96 valence electrons. The molecule has 1 N–H and O–H groups in total. The Morgan fingerprint density at radius 3 is 2.89 bits per heavy atom. The Morgan fingerprint density at radius 1 is 1.32 bits per heavy atom. The highest BCUT2D eigenvalue weighted by molar-refractivity contribution is 6.31. The first-order valence-corrected chi connectivity index (χ1v) is 6.37. The van der Waals surface area contributed by atoms with Gasteiger partial charge in [-0.1, -0.05) is 11.6 Å². The standard InChI is InChI=1S/C14H12ClN3O/c1-2-18-12-7-9(15)3-4-11(12)17-14(18)10-5-6-16-8-13(10)19/h3-8,19H,2H2,1H3. The van der Waals surface area contributed by atoms with Gasteiger partial charge in [0.1, 0.15) is 11.6 Å². The second-order valence-electron chi connectivity index (χ2n) is 4.21. The van der Waals surface area contributed by atoms with Crippen LogP contribution in [0, 0.1) is 0 Å². The first-order valence-electron chi connectivity index (χ1n) is 6.00. The smallest absolute Gasteiger partial charge is 0.144 e. The summed E-state index contributed by atoms with van der Waals surface area (Å²) in [6, 6.07) is 7.33. The maximum atomic E-state index is 9.92. The van der Waals surface area contributed by atoms with E-state index in [1.807, 2.05) is 29.7 Å². The monoisotopic (exact) mass is 273 g/mol. The second-order valence-corrected chi connectivity index (χ2v) is 4.64. The van der Waals surface area contributed by atoms with Gasteiger partial charge in [-0.15, -0.1) is 0 Å². The number of hydrogen-bond acceptors (Lipinski definition) is 3. The van der Waals surface area contributed by atoms with Crippen molar-refractivity contribution in [3.8, 4) is 17.1 Å². The molecule has 0 spiro atoms. The molecule has 2 aromatic heterocycles. The van der Waals surface area contributed by atoms with E-state index in [2.05, 4.69) is 9.97 Å². The van der Waals surface area contributed by atoms with Crippen LogP contribution in [0.15, 0.2) is 36.7 Å². The summed E-state index contributed by atoms with van der Waals surface area (Å²) in [6.45, 7) is 2.78. The topological polar surface area (TPSA) is 50.9 Å². The van der Waals surface area contributed by atoms with Crippen LogP contribution in [0.4, 0.5) is 0 Å². The van der Waals surface area contributed by atoms with Crippen molar-refractivity contribution in [2.45, 2.75) is 13.5 Å². The fourth-order valence-electron chi connectivity index (χ4n) is 2.20. The number of fused-ring (bicyclic) bond motifs is 1. The average molecular weight is 274 g/mol. The predicted molar refractivity (Wildman–Crippen MR) is 75.3 cm³/mol. The Bertz CT molecular complexity index is 752. The normalized spacial score (nSPS) is 11.1. The van der Waals surface area contributed by atoms with Crippen LogP contribution in [-0.2, 0) is 6.54 Å². The summed E-state index contributed by atoms with van der Waals surface area (Å²) >= 11 is 6.03. The third kappa shape index (κ3) is 1.94. The van der Waals surface area contributed by atoms with Crippen LogP contribution in [-0.4, -0.2) is 19.6 Å². The molecule has 0 aliphatic heterocycles. The predicted octanol–water partition coefficient (Wildman–Crippen LogP) is 3.48. The molecule has 0 saturated heterocycles. The zero-order chi connectivity index (χ0) is 13.4. The van der Waals surface area contributed by atoms with E-state index in [4.69, 9.17) is 11.6 Å². The summed E-state index contributed by atoms with van der Waals surface area (Å²) in [5, 5.41) is 10.6. The first-order chi connectivity index (χ1) is 9.20. The summed E-state index contributed by atoms with van der Waals surface area (Å²) in [5.41, 5.74) is 2.49. The Balaban J connectivity index is 2.33. The van der Waals surface area contributed by atoms with Crippen molar-refractivity contribution < 1.29 is 5.11 Å². The second kappa shape index (κ2) is 4.55. The molecule has 1 aromatic carbocycles. The summed E-state index contributed by atoms with van der Waals surface area (Å²) < 4.78 is 2.02. The molecule has 0 fully saturated rings. The molecule has 0 atom stereocenters. The molecule has 0 unspecified atom stereocenters. The fraction of sp³-hybridized carbons (Fsp3) is 0.143. The minimum atomic E-state index is 0.124. The van der Waals surface area contributed by atoms with Crippen LogP contribution in [0.5, 0.6) is 5.75 Å². The molecule has 0 aliphatic rings. The van der Waals surface area contributed by atoms with Gasteiger partial charge in [0.15, 0.2) is 0 Å². The van der Waals surface area contributed by atoms with E-state index >= 15 is 0 Å². The van der Waals surface area contributed by atoms with Gasteiger partial charge in [-0.25, -0.2) is 4.98 Å². The highest BCUT2D eigenvalue weighted by atomic mass is 35.5. The number of aryl methyl sites for hydroxylation is 1. The van der Waals surface area contributed by atoms with Crippen molar-refractivity contribution >= 4 is 22.6 Å². The maximum Gasteiger partial charge on any atom is 0.144 e. The van der Waals surface area contributed by atoms with Gasteiger partial charge in [0.05, 0.1) is 22.8 Å². The van der Waals surface area contributed by atoms with E-state index in [-0.39, 0.29) is 5.75 Å². The molecule has 0 saturated carbocycles. The lowest BCUT2D eigenvalue weighted by atomic mass is 10.2. The Hall–Kier alpha value is -2.07. The van der Waals surface area contributed by atoms with Gasteiger partial charge in [-0.3, -0.25) is 4.98 Å². The number of aromatic nitrogens is 3. The third-order valence-corrected chi connectivity index (χ3v) is 3.30. The minimum Gasteiger partial charge on any atom is -0.506 e. The van der Waals surface area contributed by atoms with Crippen molar-refractivity contribution in [2.24, 2.45) is 0 Å². The van der Waals surface area contributed by atoms with E-state index < -0.39 is 0 Å². The molecule has 0 amide bonds. The van der Waals surface area contributed by atoms with E-state index in [0.717, 1.165) is 23.4 Å². The molecule has 4 nitrogen and oxygen atoms in total. The lowest BCUT2D eigenvalue weighted by Crippen LogP contribution is -1.97. The van der Waals surface area contributed by atoms with Gasteiger partial charge in [0.2, 0.25) is 0 Å². The van der Waals surface area contributed by atoms with Gasteiger partial charge in [-0.05, 0) is 31.2 Å². The number of imidazole rings is 1. The quantitative estimate of drug-likeness (QED) is 0.778. The van der Waals surface area contributed by atoms with Crippen LogP contribution in [0.2, 0.25) is 5.02 Å². The summed E-state index contributed by atoms with van der Waals surface area (Å²) in [7, 11) is 0. The maximum absolute atomic E-state index is 9.92. The highest BCUT2D eigenvalue weighted by Gasteiger charge is 2.14. The van der Waals surface area contributed by atoms with Gasteiger partial charge >= 0.3 is 0 Å². The number of aromatic hydroxyl groups is 1. The fourth-order valence-corrected chi connectivity index (χ4v) is 2.36. The largest absolute Gasteiger partial charge is 0.506 e. The lowest BCUT2D eigenvalue weighted by molar-refractivity contribution is 0.474. The Kier molecular flexibility index (Phi) is 2.87. The van der Waals surface area contributed by atoms with Crippen LogP contribution < -0.4 is 0 Å². The molecule has 0 bridgehead atoms. The average Bonchev–Trinajstić information content (AvgIpc) is 2.76. The van der Waals surface area contributed by atoms with E-state index in [9.17, 15) is 5.11 Å². The van der Waals surface area contributed by atoms with Gasteiger partial charge < -0.3 is 9.67 Å². The van der Waals surface area contributed by atoms with Gasteiger partial charge in [0.25, 0.3) is 0 Å². The first kappa shape index (κ1) is 12.0. The number of nitrogens with zero attached hydrogens (tertiary/aromatic N) is 3.